The average molecular weight is 761 g/mol. The highest BCUT2D eigenvalue weighted by Gasteiger charge is 2.44. The van der Waals surface area contributed by atoms with Gasteiger partial charge in [0.2, 0.25) is 5.91 Å². The minimum absolute atomic E-state index is 0.0626. The number of amides is 1. The Hall–Kier alpha value is -1.40. The van der Waals surface area contributed by atoms with E-state index < -0.39 is 0 Å². The Morgan fingerprint density at radius 2 is 1.15 bits per heavy atom. The highest BCUT2D eigenvalue weighted by atomic mass is 16.5. The molecule has 0 spiro atoms. The quantitative estimate of drug-likeness (QED) is 0.0386. The van der Waals surface area contributed by atoms with Crippen LogP contribution in [0.2, 0.25) is 0 Å². The van der Waals surface area contributed by atoms with Crippen molar-refractivity contribution in [2.24, 2.45) is 5.92 Å². The van der Waals surface area contributed by atoms with Gasteiger partial charge in [-0.25, -0.2) is 0 Å². The SMILES string of the molecule is CCCCCCCC/C=C\CCCCCCCC(=O)N[C@@H](COC(=O)CCCN(CC)CC)[C@@H]1OC(C)(C)C[C@@H]1CCCCCCCCCCCCCC. The van der Waals surface area contributed by atoms with Crippen LogP contribution in [0.4, 0.5) is 0 Å². The zero-order chi connectivity index (χ0) is 39.5. The lowest BCUT2D eigenvalue weighted by atomic mass is 9.86. The second-order valence-corrected chi connectivity index (χ2v) is 17.3. The van der Waals surface area contributed by atoms with E-state index in [1.165, 1.54) is 148 Å². The van der Waals surface area contributed by atoms with Gasteiger partial charge in [0, 0.05) is 12.8 Å². The van der Waals surface area contributed by atoms with E-state index in [-0.39, 0.29) is 36.2 Å². The fourth-order valence-electron chi connectivity index (χ4n) is 8.28. The summed E-state index contributed by atoms with van der Waals surface area (Å²) in [5.41, 5.74) is -0.243. The molecule has 0 bridgehead atoms. The van der Waals surface area contributed by atoms with Gasteiger partial charge in [-0.15, -0.1) is 0 Å². The molecule has 3 atom stereocenters. The average Bonchev–Trinajstić information content (AvgIpc) is 3.47. The number of rotatable bonds is 38. The molecular weight excluding hydrogens is 669 g/mol. The first-order valence-electron chi connectivity index (χ1n) is 23.8. The molecule has 1 amide bonds. The van der Waals surface area contributed by atoms with Gasteiger partial charge in [0.25, 0.3) is 0 Å². The molecule has 0 aromatic heterocycles. The topological polar surface area (TPSA) is 67.9 Å². The highest BCUT2D eigenvalue weighted by molar-refractivity contribution is 5.76. The van der Waals surface area contributed by atoms with Gasteiger partial charge in [-0.1, -0.05) is 168 Å². The van der Waals surface area contributed by atoms with Crippen molar-refractivity contribution in [3.05, 3.63) is 12.2 Å². The minimum atomic E-state index is -0.309. The Labute approximate surface area is 336 Å². The molecule has 1 rings (SSSR count). The summed E-state index contributed by atoms with van der Waals surface area (Å²) in [7, 11) is 0. The Morgan fingerprint density at radius 1 is 0.667 bits per heavy atom. The molecule has 6 heteroatoms. The molecule has 0 radical (unpaired) electrons. The summed E-state index contributed by atoms with van der Waals surface area (Å²) in [6.45, 7) is 16.3. The predicted molar refractivity (Wildman–Crippen MR) is 232 cm³/mol. The lowest BCUT2D eigenvalue weighted by Crippen LogP contribution is -2.49. The normalized spacial score (nSPS) is 17.5. The van der Waals surface area contributed by atoms with Gasteiger partial charge in [0.15, 0.2) is 0 Å². The van der Waals surface area contributed by atoms with E-state index in [2.05, 4.69) is 63.9 Å². The van der Waals surface area contributed by atoms with Crippen molar-refractivity contribution in [3.63, 3.8) is 0 Å². The van der Waals surface area contributed by atoms with Crippen molar-refractivity contribution in [2.75, 3.05) is 26.2 Å². The van der Waals surface area contributed by atoms with E-state index in [9.17, 15) is 9.59 Å². The van der Waals surface area contributed by atoms with Crippen LogP contribution in [0.3, 0.4) is 0 Å². The summed E-state index contributed by atoms with van der Waals surface area (Å²) in [6.07, 6.45) is 40.7. The number of ether oxygens (including phenoxy) is 2. The van der Waals surface area contributed by atoms with E-state index >= 15 is 0 Å². The first-order chi connectivity index (χ1) is 26.3. The number of nitrogens with zero attached hydrogens (tertiary/aromatic N) is 1. The molecule has 54 heavy (non-hydrogen) atoms. The number of carbonyl (C=O) groups excluding carboxylic acids is 2. The number of allylic oxidation sites excluding steroid dienone is 2. The van der Waals surface area contributed by atoms with E-state index in [4.69, 9.17) is 9.47 Å². The monoisotopic (exact) mass is 761 g/mol. The molecule has 0 unspecified atom stereocenters. The molecule has 318 valence electrons. The summed E-state index contributed by atoms with van der Waals surface area (Å²) in [4.78, 5) is 28.5. The number of hydrogen-bond acceptors (Lipinski definition) is 5. The van der Waals surface area contributed by atoms with Gasteiger partial charge in [-0.3, -0.25) is 9.59 Å². The minimum Gasteiger partial charge on any atom is -0.463 e. The van der Waals surface area contributed by atoms with Crippen LogP contribution in [-0.2, 0) is 19.1 Å². The number of hydrogen-bond donors (Lipinski definition) is 1. The zero-order valence-corrected chi connectivity index (χ0v) is 37.0. The van der Waals surface area contributed by atoms with Crippen LogP contribution in [0.25, 0.3) is 0 Å². The van der Waals surface area contributed by atoms with Crippen molar-refractivity contribution < 1.29 is 19.1 Å². The molecule has 1 N–H and O–H groups in total. The van der Waals surface area contributed by atoms with Gasteiger partial charge >= 0.3 is 5.97 Å². The fraction of sp³-hybridized carbons (Fsp3) is 0.917. The molecule has 0 aromatic rings. The van der Waals surface area contributed by atoms with E-state index in [0.29, 0.717) is 18.8 Å². The maximum atomic E-state index is 13.3. The van der Waals surface area contributed by atoms with Crippen molar-refractivity contribution >= 4 is 11.9 Å². The first-order valence-corrected chi connectivity index (χ1v) is 23.8. The van der Waals surface area contributed by atoms with Crippen LogP contribution in [-0.4, -0.2) is 60.8 Å². The molecule has 1 heterocycles. The van der Waals surface area contributed by atoms with Gasteiger partial charge in [0.05, 0.1) is 17.7 Å². The van der Waals surface area contributed by atoms with Gasteiger partial charge in [-0.05, 0) is 90.8 Å². The second kappa shape index (κ2) is 34.8. The maximum absolute atomic E-state index is 13.3. The molecule has 0 aromatic carbocycles. The van der Waals surface area contributed by atoms with E-state index in [0.717, 1.165) is 51.7 Å². The Bertz CT molecular complexity index is 901. The number of nitrogens with one attached hydrogen (secondary N) is 1. The van der Waals surface area contributed by atoms with Crippen LogP contribution in [0.15, 0.2) is 12.2 Å². The molecule has 0 saturated carbocycles. The lowest BCUT2D eigenvalue weighted by molar-refractivity contribution is -0.147. The standard InChI is InChI=1S/C48H92N2O4/c1-7-11-13-15-17-19-21-23-24-25-27-29-31-33-35-38-45(51)49-44(42-53-46(52)39-36-40-50(9-3)10-4)47-43(41-48(5,6)54-47)37-34-32-30-28-26-22-20-18-16-14-12-8-2/h23-24,43-44,47H,7-22,25-42H2,1-6H3,(H,49,51)/b24-23-/t43-,44-,47+/m0/s1. The van der Waals surface area contributed by atoms with Crippen molar-refractivity contribution in [1.82, 2.24) is 10.2 Å². The van der Waals surface area contributed by atoms with Crippen molar-refractivity contribution in [1.29, 1.82) is 0 Å². The molecule has 1 saturated heterocycles. The van der Waals surface area contributed by atoms with Gasteiger partial charge in [0.1, 0.15) is 6.61 Å². The number of esters is 1. The first kappa shape index (κ1) is 50.6. The lowest BCUT2D eigenvalue weighted by Gasteiger charge is -2.29. The molecule has 1 aliphatic rings. The van der Waals surface area contributed by atoms with Crippen LogP contribution in [0.1, 0.15) is 234 Å². The third-order valence-electron chi connectivity index (χ3n) is 11.7. The third-order valence-corrected chi connectivity index (χ3v) is 11.7. The Kier molecular flexibility index (Phi) is 32.6. The molecular formula is C48H92N2O4. The highest BCUT2D eigenvalue weighted by Crippen LogP contribution is 2.39. The smallest absolute Gasteiger partial charge is 0.305 e. The van der Waals surface area contributed by atoms with Crippen LogP contribution in [0.5, 0.6) is 0 Å². The van der Waals surface area contributed by atoms with Crippen molar-refractivity contribution in [2.45, 2.75) is 252 Å². The van der Waals surface area contributed by atoms with E-state index in [1.54, 1.807) is 0 Å². The van der Waals surface area contributed by atoms with Crippen molar-refractivity contribution in [3.8, 4) is 0 Å². The number of carbonyl (C=O) groups is 2. The second-order valence-electron chi connectivity index (χ2n) is 17.3. The van der Waals surface area contributed by atoms with Crippen LogP contribution >= 0.6 is 0 Å². The summed E-state index contributed by atoms with van der Waals surface area (Å²) in [5, 5.41) is 3.31. The number of unbranched alkanes of at least 4 members (excludes halogenated alkanes) is 22. The summed E-state index contributed by atoms with van der Waals surface area (Å²) in [6, 6.07) is -0.309. The summed E-state index contributed by atoms with van der Waals surface area (Å²) < 4.78 is 12.5. The predicted octanol–water partition coefficient (Wildman–Crippen LogP) is 13.4. The molecule has 6 nitrogen and oxygen atoms in total. The molecule has 1 fully saturated rings. The Morgan fingerprint density at radius 3 is 1.67 bits per heavy atom. The van der Waals surface area contributed by atoms with Crippen LogP contribution in [0, 0.1) is 5.92 Å². The third kappa shape index (κ3) is 28.1. The zero-order valence-electron chi connectivity index (χ0n) is 37.0. The van der Waals surface area contributed by atoms with Crippen LogP contribution < -0.4 is 5.32 Å². The summed E-state index contributed by atoms with van der Waals surface area (Å²) in [5.74, 6) is 0.246. The summed E-state index contributed by atoms with van der Waals surface area (Å²) >= 11 is 0. The fourth-order valence-corrected chi connectivity index (χ4v) is 8.28. The largest absolute Gasteiger partial charge is 0.463 e. The molecule has 1 aliphatic heterocycles. The maximum Gasteiger partial charge on any atom is 0.305 e. The van der Waals surface area contributed by atoms with E-state index in [1.807, 2.05) is 0 Å². The Balaban J connectivity index is 2.53. The van der Waals surface area contributed by atoms with Gasteiger partial charge < -0.3 is 19.7 Å². The van der Waals surface area contributed by atoms with Gasteiger partial charge in [-0.2, -0.15) is 0 Å². The molecule has 0 aliphatic carbocycles.